The third-order valence-corrected chi connectivity index (χ3v) is 3.18. The number of pyridine rings is 1. The van der Waals surface area contributed by atoms with Crippen molar-refractivity contribution in [1.82, 2.24) is 9.88 Å². The van der Waals surface area contributed by atoms with Gasteiger partial charge in [-0.05, 0) is 25.1 Å². The van der Waals surface area contributed by atoms with Crippen molar-refractivity contribution >= 4 is 17.4 Å². The molecule has 1 saturated heterocycles. The number of rotatable bonds is 5. The number of anilines is 1. The van der Waals surface area contributed by atoms with Gasteiger partial charge in [-0.25, -0.2) is 4.98 Å². The summed E-state index contributed by atoms with van der Waals surface area (Å²) >= 11 is 5.84. The van der Waals surface area contributed by atoms with Crippen LogP contribution in [0.4, 0.5) is 5.82 Å². The zero-order valence-electron chi connectivity index (χ0n) is 10.7. The van der Waals surface area contributed by atoms with Crippen LogP contribution in [0.15, 0.2) is 12.1 Å². The predicted octanol–water partition coefficient (Wildman–Crippen LogP) is 1.74. The Morgan fingerprint density at radius 1 is 1.42 bits per heavy atom. The lowest BCUT2D eigenvalue weighted by molar-refractivity contribution is 0.0378. The van der Waals surface area contributed by atoms with E-state index in [0.29, 0.717) is 16.5 Å². The van der Waals surface area contributed by atoms with Crippen LogP contribution in [0.3, 0.4) is 0 Å². The van der Waals surface area contributed by atoms with E-state index in [1.165, 1.54) is 0 Å². The summed E-state index contributed by atoms with van der Waals surface area (Å²) < 4.78 is 5.30. The van der Waals surface area contributed by atoms with Gasteiger partial charge in [0.2, 0.25) is 0 Å². The molecule has 1 N–H and O–H groups in total. The normalized spacial score (nSPS) is 16.0. The highest BCUT2D eigenvalue weighted by molar-refractivity contribution is 6.29. The highest BCUT2D eigenvalue weighted by atomic mass is 35.5. The molecule has 0 aliphatic carbocycles. The van der Waals surface area contributed by atoms with Crippen molar-refractivity contribution in [3.63, 3.8) is 0 Å². The summed E-state index contributed by atoms with van der Waals surface area (Å²) in [6.45, 7) is 5.53. The van der Waals surface area contributed by atoms with E-state index in [1.54, 1.807) is 12.1 Å². The minimum Gasteiger partial charge on any atom is -0.379 e. The topological polar surface area (TPSA) is 61.2 Å². The Balaban J connectivity index is 1.73. The number of hydrogen-bond donors (Lipinski definition) is 1. The van der Waals surface area contributed by atoms with Crippen LogP contribution in [0.25, 0.3) is 0 Å². The van der Waals surface area contributed by atoms with Crippen LogP contribution in [0.5, 0.6) is 0 Å². The summed E-state index contributed by atoms with van der Waals surface area (Å²) in [6, 6.07) is 5.33. The van der Waals surface area contributed by atoms with E-state index in [2.05, 4.69) is 21.3 Å². The summed E-state index contributed by atoms with van der Waals surface area (Å²) in [5, 5.41) is 12.4. The maximum absolute atomic E-state index is 8.85. The molecule has 0 unspecified atom stereocenters. The van der Waals surface area contributed by atoms with Gasteiger partial charge >= 0.3 is 0 Å². The predicted molar refractivity (Wildman–Crippen MR) is 74.3 cm³/mol. The lowest BCUT2D eigenvalue weighted by Crippen LogP contribution is -2.37. The Morgan fingerprint density at radius 2 is 2.21 bits per heavy atom. The van der Waals surface area contributed by atoms with E-state index in [4.69, 9.17) is 21.6 Å². The Labute approximate surface area is 118 Å². The van der Waals surface area contributed by atoms with E-state index in [0.717, 1.165) is 45.8 Å². The number of nitrogens with zero attached hydrogens (tertiary/aromatic N) is 3. The molecular weight excluding hydrogens is 264 g/mol. The van der Waals surface area contributed by atoms with Gasteiger partial charge in [-0.2, -0.15) is 5.26 Å². The van der Waals surface area contributed by atoms with Gasteiger partial charge < -0.3 is 10.1 Å². The quantitative estimate of drug-likeness (QED) is 0.658. The molecule has 0 radical (unpaired) electrons. The van der Waals surface area contributed by atoms with Crippen LogP contribution >= 0.6 is 11.6 Å². The van der Waals surface area contributed by atoms with Gasteiger partial charge in [0.25, 0.3) is 0 Å². The van der Waals surface area contributed by atoms with Gasteiger partial charge in [0.05, 0.1) is 24.8 Å². The lowest BCUT2D eigenvalue weighted by atomic mass is 10.3. The molecule has 0 aromatic carbocycles. The maximum atomic E-state index is 8.85. The summed E-state index contributed by atoms with van der Waals surface area (Å²) in [7, 11) is 0. The SMILES string of the molecule is N#Cc1cc(Cl)nc(NCCCN2CCOCC2)c1. The van der Waals surface area contributed by atoms with Crippen molar-refractivity contribution in [1.29, 1.82) is 5.26 Å². The van der Waals surface area contributed by atoms with E-state index in [-0.39, 0.29) is 0 Å². The number of halogens is 1. The van der Waals surface area contributed by atoms with Crippen LogP contribution in [0, 0.1) is 11.3 Å². The maximum Gasteiger partial charge on any atom is 0.132 e. The number of hydrogen-bond acceptors (Lipinski definition) is 5. The molecule has 102 valence electrons. The molecule has 0 amide bonds. The largest absolute Gasteiger partial charge is 0.379 e. The molecular formula is C13H17ClN4O. The second kappa shape index (κ2) is 7.29. The summed E-state index contributed by atoms with van der Waals surface area (Å²) in [5.74, 6) is 0.658. The fourth-order valence-electron chi connectivity index (χ4n) is 2.00. The number of ether oxygens (including phenoxy) is 1. The Bertz CT molecular complexity index is 454. The number of nitriles is 1. The molecule has 2 rings (SSSR count). The van der Waals surface area contributed by atoms with Gasteiger partial charge in [0.1, 0.15) is 11.0 Å². The van der Waals surface area contributed by atoms with Crippen LogP contribution in [0.2, 0.25) is 5.15 Å². The Morgan fingerprint density at radius 3 is 2.95 bits per heavy atom. The molecule has 2 heterocycles. The monoisotopic (exact) mass is 280 g/mol. The highest BCUT2D eigenvalue weighted by Gasteiger charge is 2.09. The molecule has 1 aromatic rings. The van der Waals surface area contributed by atoms with Gasteiger partial charge in [-0.3, -0.25) is 4.90 Å². The summed E-state index contributed by atoms with van der Waals surface area (Å²) in [4.78, 5) is 6.52. The minimum absolute atomic E-state index is 0.342. The van der Waals surface area contributed by atoms with E-state index in [9.17, 15) is 0 Å². The van der Waals surface area contributed by atoms with Crippen molar-refractivity contribution in [2.75, 3.05) is 44.7 Å². The lowest BCUT2D eigenvalue weighted by Gasteiger charge is -2.26. The second-order valence-corrected chi connectivity index (χ2v) is 4.80. The standard InChI is InChI=1S/C13H17ClN4O/c14-12-8-11(10-15)9-13(17-12)16-2-1-3-18-4-6-19-7-5-18/h8-9H,1-7H2,(H,16,17). The molecule has 1 aliphatic heterocycles. The van der Waals surface area contributed by atoms with E-state index < -0.39 is 0 Å². The van der Waals surface area contributed by atoms with Crippen LogP contribution < -0.4 is 5.32 Å². The molecule has 0 saturated carbocycles. The zero-order chi connectivity index (χ0) is 13.5. The van der Waals surface area contributed by atoms with Crippen LogP contribution in [-0.4, -0.2) is 49.3 Å². The average molecular weight is 281 g/mol. The Hall–Kier alpha value is -1.35. The van der Waals surface area contributed by atoms with E-state index >= 15 is 0 Å². The summed E-state index contributed by atoms with van der Waals surface area (Å²) in [5.41, 5.74) is 0.524. The second-order valence-electron chi connectivity index (χ2n) is 4.41. The van der Waals surface area contributed by atoms with Crippen molar-refractivity contribution in [2.24, 2.45) is 0 Å². The molecule has 19 heavy (non-hydrogen) atoms. The first kappa shape index (κ1) is 14.1. The van der Waals surface area contributed by atoms with Gasteiger partial charge in [0, 0.05) is 19.6 Å². The molecule has 1 fully saturated rings. The van der Waals surface area contributed by atoms with Crippen molar-refractivity contribution < 1.29 is 4.74 Å². The third-order valence-electron chi connectivity index (χ3n) is 2.98. The first-order valence-corrected chi connectivity index (χ1v) is 6.77. The molecule has 1 aliphatic rings. The first-order chi connectivity index (χ1) is 9.28. The average Bonchev–Trinajstić information content (AvgIpc) is 2.44. The minimum atomic E-state index is 0.342. The number of nitrogens with one attached hydrogen (secondary N) is 1. The van der Waals surface area contributed by atoms with Gasteiger partial charge in [-0.15, -0.1) is 0 Å². The first-order valence-electron chi connectivity index (χ1n) is 6.39. The van der Waals surface area contributed by atoms with Crippen LogP contribution in [0.1, 0.15) is 12.0 Å². The number of aromatic nitrogens is 1. The molecule has 1 aromatic heterocycles. The highest BCUT2D eigenvalue weighted by Crippen LogP contribution is 2.13. The van der Waals surface area contributed by atoms with Crippen molar-refractivity contribution in [3.05, 3.63) is 22.8 Å². The molecule has 6 heteroatoms. The van der Waals surface area contributed by atoms with Crippen LogP contribution in [-0.2, 0) is 4.74 Å². The molecule has 0 bridgehead atoms. The molecule has 0 atom stereocenters. The smallest absolute Gasteiger partial charge is 0.132 e. The van der Waals surface area contributed by atoms with Gasteiger partial charge in [0.15, 0.2) is 0 Å². The fourth-order valence-corrected chi connectivity index (χ4v) is 2.20. The van der Waals surface area contributed by atoms with Crippen molar-refractivity contribution in [3.8, 4) is 6.07 Å². The zero-order valence-corrected chi connectivity index (χ0v) is 11.5. The van der Waals surface area contributed by atoms with E-state index in [1.807, 2.05) is 0 Å². The number of morpholine rings is 1. The molecule has 5 nitrogen and oxygen atoms in total. The third kappa shape index (κ3) is 4.67. The fraction of sp³-hybridized carbons (Fsp3) is 0.538. The van der Waals surface area contributed by atoms with Gasteiger partial charge in [-0.1, -0.05) is 11.6 Å². The molecule has 0 spiro atoms. The van der Waals surface area contributed by atoms with Crippen molar-refractivity contribution in [2.45, 2.75) is 6.42 Å². The summed E-state index contributed by atoms with van der Waals surface area (Å²) in [6.07, 6.45) is 1.02. The Kier molecular flexibility index (Phi) is 5.40.